The molecule has 1 unspecified atom stereocenters. The zero-order valence-electron chi connectivity index (χ0n) is 15.3. The Morgan fingerprint density at radius 2 is 1.86 bits per heavy atom. The van der Waals surface area contributed by atoms with Gasteiger partial charge in [-0.2, -0.15) is 0 Å². The van der Waals surface area contributed by atoms with Crippen LogP contribution in [0.15, 0.2) is 56.3 Å². The lowest BCUT2D eigenvalue weighted by Crippen LogP contribution is -2.47. The summed E-state index contributed by atoms with van der Waals surface area (Å²) in [5.74, 6) is -3.56. The Morgan fingerprint density at radius 1 is 1.21 bits per heavy atom. The second-order valence-electron chi connectivity index (χ2n) is 6.03. The van der Waals surface area contributed by atoms with Crippen molar-refractivity contribution in [2.75, 3.05) is 12.4 Å². The number of esters is 2. The Balaban J connectivity index is 1.97. The topological polar surface area (TPSA) is 133 Å². The van der Waals surface area contributed by atoms with E-state index in [-0.39, 0.29) is 23.9 Å². The third-order valence-electron chi connectivity index (χ3n) is 4.00. The van der Waals surface area contributed by atoms with Crippen molar-refractivity contribution in [3.05, 3.63) is 59.0 Å². The lowest BCUT2D eigenvalue weighted by atomic mass is 10.1. The van der Waals surface area contributed by atoms with Gasteiger partial charge in [0.1, 0.15) is 22.2 Å². The van der Waals surface area contributed by atoms with E-state index in [9.17, 15) is 23.1 Å². The van der Waals surface area contributed by atoms with Gasteiger partial charge in [-0.25, -0.2) is 18.0 Å². The minimum atomic E-state index is -4.37. The molecule has 0 saturated carbocycles. The number of sulfone groups is 1. The Labute approximate surface area is 170 Å². The normalized spacial score (nSPS) is 19.4. The van der Waals surface area contributed by atoms with Crippen LogP contribution in [0.4, 0.5) is 0 Å². The summed E-state index contributed by atoms with van der Waals surface area (Å²) in [4.78, 5) is 24.0. The van der Waals surface area contributed by atoms with Crippen molar-refractivity contribution in [3.63, 3.8) is 0 Å². The van der Waals surface area contributed by atoms with Gasteiger partial charge in [-0.3, -0.25) is 0 Å². The Bertz CT molecular complexity index is 1000. The maximum absolute atomic E-state index is 13.0. The SMILES string of the molecule is CCOC(=O)C1(CSCc2ccco2)OC(=O)C(O)=C1S(=O)(=O)Cc1ccco1. The number of cyclic esters (lactones) is 1. The third-order valence-corrected chi connectivity index (χ3v) is 6.91. The van der Waals surface area contributed by atoms with E-state index in [4.69, 9.17) is 18.3 Å². The van der Waals surface area contributed by atoms with Gasteiger partial charge in [0, 0.05) is 0 Å². The maximum Gasteiger partial charge on any atom is 0.376 e. The summed E-state index contributed by atoms with van der Waals surface area (Å²) >= 11 is 1.09. The smallest absolute Gasteiger partial charge is 0.376 e. The van der Waals surface area contributed by atoms with Crippen LogP contribution in [-0.2, 0) is 40.4 Å². The molecule has 0 amide bonds. The zero-order valence-corrected chi connectivity index (χ0v) is 17.0. The van der Waals surface area contributed by atoms with E-state index in [0.29, 0.717) is 5.76 Å². The van der Waals surface area contributed by atoms with Crippen molar-refractivity contribution in [3.8, 4) is 0 Å². The number of carbonyl (C=O) groups is 2. The second kappa shape index (κ2) is 8.37. The van der Waals surface area contributed by atoms with Gasteiger partial charge in [0.2, 0.25) is 5.76 Å². The van der Waals surface area contributed by atoms with E-state index in [1.807, 2.05) is 0 Å². The van der Waals surface area contributed by atoms with Gasteiger partial charge in [-0.05, 0) is 31.2 Å². The lowest BCUT2D eigenvalue weighted by Gasteiger charge is -2.27. The summed E-state index contributed by atoms with van der Waals surface area (Å²) < 4.78 is 46.4. The van der Waals surface area contributed by atoms with Crippen LogP contribution in [-0.4, -0.2) is 43.4 Å². The van der Waals surface area contributed by atoms with Gasteiger partial charge in [0.15, 0.2) is 9.84 Å². The molecule has 0 bridgehead atoms. The van der Waals surface area contributed by atoms with Crippen LogP contribution in [0.25, 0.3) is 0 Å². The van der Waals surface area contributed by atoms with Crippen molar-refractivity contribution in [1.82, 2.24) is 0 Å². The Kier molecular flexibility index (Phi) is 6.08. The van der Waals surface area contributed by atoms with E-state index in [1.54, 1.807) is 12.1 Å². The Hall–Kier alpha value is -2.66. The Morgan fingerprint density at radius 3 is 2.45 bits per heavy atom. The summed E-state index contributed by atoms with van der Waals surface area (Å²) in [6.07, 6.45) is 2.75. The first-order valence-corrected chi connectivity index (χ1v) is 11.3. The van der Waals surface area contributed by atoms with E-state index >= 15 is 0 Å². The minimum absolute atomic E-state index is 0.0747. The molecule has 0 saturated heterocycles. The molecule has 0 aromatic carbocycles. The number of aliphatic hydroxyl groups excluding tert-OH is 1. The highest BCUT2D eigenvalue weighted by molar-refractivity contribution is 7.98. The highest BCUT2D eigenvalue weighted by Crippen LogP contribution is 2.41. The number of hydrogen-bond donors (Lipinski definition) is 1. The van der Waals surface area contributed by atoms with Gasteiger partial charge >= 0.3 is 11.9 Å². The number of hydrogen-bond acceptors (Lipinski definition) is 10. The zero-order chi connectivity index (χ0) is 21.1. The number of ether oxygens (including phenoxy) is 2. The maximum atomic E-state index is 13.0. The van der Waals surface area contributed by atoms with Crippen LogP contribution in [0.1, 0.15) is 18.4 Å². The van der Waals surface area contributed by atoms with E-state index < -0.39 is 43.8 Å². The molecular weight excluding hydrogens is 424 g/mol. The number of furan rings is 2. The van der Waals surface area contributed by atoms with Crippen LogP contribution < -0.4 is 0 Å². The largest absolute Gasteiger partial charge is 0.501 e. The number of rotatable bonds is 9. The molecule has 11 heteroatoms. The molecule has 156 valence electrons. The summed E-state index contributed by atoms with van der Waals surface area (Å²) in [5, 5.41) is 10.2. The van der Waals surface area contributed by atoms with Crippen LogP contribution in [0.3, 0.4) is 0 Å². The number of thioether (sulfide) groups is 1. The molecule has 29 heavy (non-hydrogen) atoms. The van der Waals surface area contributed by atoms with Crippen LogP contribution in [0, 0.1) is 0 Å². The molecule has 1 N–H and O–H groups in total. The van der Waals surface area contributed by atoms with E-state index in [2.05, 4.69) is 0 Å². The predicted molar refractivity (Wildman–Crippen MR) is 101 cm³/mol. The monoisotopic (exact) mass is 442 g/mol. The molecule has 3 heterocycles. The molecule has 2 aromatic heterocycles. The second-order valence-corrected chi connectivity index (χ2v) is 8.94. The fourth-order valence-electron chi connectivity index (χ4n) is 2.82. The van der Waals surface area contributed by atoms with Crippen LogP contribution in [0.2, 0.25) is 0 Å². The summed E-state index contributed by atoms with van der Waals surface area (Å²) in [6, 6.07) is 6.29. The third kappa shape index (κ3) is 4.20. The lowest BCUT2D eigenvalue weighted by molar-refractivity contribution is -0.169. The van der Waals surface area contributed by atoms with Crippen LogP contribution in [0.5, 0.6) is 0 Å². The quantitative estimate of drug-likeness (QED) is 0.577. The van der Waals surface area contributed by atoms with E-state index in [0.717, 1.165) is 11.8 Å². The standard InChI is InChI=1S/C18H18O9S2/c1-2-24-17(21)18(11-28-9-12-5-3-7-25-12)15(14(19)16(20)27-18)29(22,23)10-13-6-4-8-26-13/h3-8,19H,2,9-11H2,1H3. The molecular formula is C18H18O9S2. The van der Waals surface area contributed by atoms with Crippen molar-refractivity contribution in [2.24, 2.45) is 0 Å². The van der Waals surface area contributed by atoms with Gasteiger partial charge in [0.05, 0.1) is 30.6 Å². The molecule has 2 aromatic rings. The van der Waals surface area contributed by atoms with Crippen molar-refractivity contribution < 1.29 is 41.4 Å². The fourth-order valence-corrected chi connectivity index (χ4v) is 5.74. The molecule has 3 rings (SSSR count). The molecule has 0 fully saturated rings. The van der Waals surface area contributed by atoms with Gasteiger partial charge < -0.3 is 23.4 Å². The highest BCUT2D eigenvalue weighted by atomic mass is 32.2. The molecule has 9 nitrogen and oxygen atoms in total. The summed E-state index contributed by atoms with van der Waals surface area (Å²) in [7, 11) is -4.37. The first-order valence-electron chi connectivity index (χ1n) is 8.49. The molecule has 1 atom stereocenters. The van der Waals surface area contributed by atoms with Gasteiger partial charge in [-0.15, -0.1) is 11.8 Å². The number of carbonyl (C=O) groups excluding carboxylic acids is 2. The summed E-state index contributed by atoms with van der Waals surface area (Å²) in [5.41, 5.74) is -2.31. The average Bonchev–Trinajstić information content (AvgIpc) is 3.38. The fraction of sp³-hybridized carbons (Fsp3) is 0.333. The van der Waals surface area contributed by atoms with Gasteiger partial charge in [-0.1, -0.05) is 0 Å². The first-order chi connectivity index (χ1) is 13.8. The van der Waals surface area contributed by atoms with Crippen molar-refractivity contribution >= 4 is 33.5 Å². The average molecular weight is 442 g/mol. The van der Waals surface area contributed by atoms with Gasteiger partial charge in [0.25, 0.3) is 5.60 Å². The summed E-state index contributed by atoms with van der Waals surface area (Å²) in [6.45, 7) is 1.45. The predicted octanol–water partition coefficient (Wildman–Crippen LogP) is 2.35. The highest BCUT2D eigenvalue weighted by Gasteiger charge is 2.60. The minimum Gasteiger partial charge on any atom is -0.501 e. The molecule has 0 aliphatic carbocycles. The number of aliphatic hydroxyl groups is 1. The van der Waals surface area contributed by atoms with Crippen molar-refractivity contribution in [2.45, 2.75) is 24.0 Å². The molecule has 0 radical (unpaired) electrons. The molecule has 1 aliphatic rings. The molecule has 1 aliphatic heterocycles. The van der Waals surface area contributed by atoms with Crippen molar-refractivity contribution in [1.29, 1.82) is 0 Å². The first kappa shape index (κ1) is 21.1. The van der Waals surface area contributed by atoms with Crippen LogP contribution >= 0.6 is 11.8 Å². The van der Waals surface area contributed by atoms with E-state index in [1.165, 1.54) is 31.6 Å². The molecule has 0 spiro atoms.